The summed E-state index contributed by atoms with van der Waals surface area (Å²) in [7, 11) is 0. The summed E-state index contributed by atoms with van der Waals surface area (Å²) in [5, 5.41) is 10.3. The van der Waals surface area contributed by atoms with Gasteiger partial charge in [-0.25, -0.2) is 4.79 Å². The van der Waals surface area contributed by atoms with Gasteiger partial charge in [-0.15, -0.1) is 6.58 Å². The Morgan fingerprint density at radius 3 is 2.59 bits per heavy atom. The molecule has 2 atom stereocenters. The lowest BCUT2D eigenvalue weighted by atomic mass is 9.83. The maximum Gasteiger partial charge on any atom is 0.338 e. The average Bonchev–Trinajstić information content (AvgIpc) is 2.31. The van der Waals surface area contributed by atoms with Crippen LogP contribution in [0.5, 0.6) is 0 Å². The van der Waals surface area contributed by atoms with Gasteiger partial charge in [0.05, 0.1) is 6.61 Å². The molecule has 0 aromatic heterocycles. The van der Waals surface area contributed by atoms with Crippen LogP contribution >= 0.6 is 0 Å². The van der Waals surface area contributed by atoms with E-state index in [2.05, 4.69) is 6.58 Å². The van der Waals surface area contributed by atoms with Gasteiger partial charge in [-0.05, 0) is 19.4 Å². The van der Waals surface area contributed by atoms with Crippen LogP contribution in [0.15, 0.2) is 43.0 Å². The van der Waals surface area contributed by atoms with Crippen LogP contribution in [0.25, 0.3) is 0 Å². The van der Waals surface area contributed by atoms with E-state index in [0.717, 1.165) is 5.56 Å². The van der Waals surface area contributed by atoms with Gasteiger partial charge < -0.3 is 9.84 Å². The van der Waals surface area contributed by atoms with E-state index < -0.39 is 17.5 Å². The van der Waals surface area contributed by atoms with Gasteiger partial charge in [0.1, 0.15) is 0 Å². The lowest BCUT2D eigenvalue weighted by molar-refractivity contribution is -0.164. The van der Waals surface area contributed by atoms with Gasteiger partial charge in [0, 0.05) is 5.92 Å². The Hall–Kier alpha value is -1.61. The number of ether oxygens (including phenoxy) is 1. The maximum atomic E-state index is 11.7. The fraction of sp³-hybridized carbons (Fsp3) is 0.357. The first-order chi connectivity index (χ1) is 8.04. The predicted octanol–water partition coefficient (Wildman–Crippen LogP) is 2.27. The van der Waals surface area contributed by atoms with Crippen LogP contribution in [-0.4, -0.2) is 23.3 Å². The third-order valence-corrected chi connectivity index (χ3v) is 2.69. The number of hydrogen-bond acceptors (Lipinski definition) is 3. The van der Waals surface area contributed by atoms with E-state index in [4.69, 9.17) is 4.74 Å². The summed E-state index contributed by atoms with van der Waals surface area (Å²) in [5.74, 6) is -1.11. The minimum atomic E-state index is -1.60. The second kappa shape index (κ2) is 5.64. The number of aliphatic hydroxyl groups is 1. The van der Waals surface area contributed by atoms with E-state index in [-0.39, 0.29) is 6.61 Å². The Morgan fingerprint density at radius 1 is 1.53 bits per heavy atom. The highest BCUT2D eigenvalue weighted by Gasteiger charge is 2.39. The fourth-order valence-electron chi connectivity index (χ4n) is 1.75. The molecule has 3 heteroatoms. The zero-order valence-electron chi connectivity index (χ0n) is 10.2. The number of carbonyl (C=O) groups is 1. The third kappa shape index (κ3) is 2.94. The van der Waals surface area contributed by atoms with Gasteiger partial charge in [-0.2, -0.15) is 0 Å². The van der Waals surface area contributed by atoms with Crippen LogP contribution in [0.3, 0.4) is 0 Å². The summed E-state index contributed by atoms with van der Waals surface area (Å²) in [4.78, 5) is 11.7. The fourth-order valence-corrected chi connectivity index (χ4v) is 1.75. The van der Waals surface area contributed by atoms with E-state index in [1.807, 2.05) is 30.3 Å². The summed E-state index contributed by atoms with van der Waals surface area (Å²) in [5.41, 5.74) is -0.764. The van der Waals surface area contributed by atoms with E-state index in [1.165, 1.54) is 6.92 Å². The molecule has 0 bridgehead atoms. The van der Waals surface area contributed by atoms with Crippen molar-refractivity contribution in [1.29, 1.82) is 0 Å². The minimum absolute atomic E-state index is 0.244. The van der Waals surface area contributed by atoms with Crippen molar-refractivity contribution in [2.45, 2.75) is 25.4 Å². The average molecular weight is 234 g/mol. The van der Waals surface area contributed by atoms with Gasteiger partial charge in [-0.1, -0.05) is 36.4 Å². The first-order valence-corrected chi connectivity index (χ1v) is 5.61. The van der Waals surface area contributed by atoms with Gasteiger partial charge in [0.15, 0.2) is 5.60 Å². The van der Waals surface area contributed by atoms with Crippen LogP contribution in [0.1, 0.15) is 25.3 Å². The first kappa shape index (κ1) is 13.5. The molecule has 92 valence electrons. The monoisotopic (exact) mass is 234 g/mol. The summed E-state index contributed by atoms with van der Waals surface area (Å²) in [6.45, 7) is 7.08. The van der Waals surface area contributed by atoms with E-state index in [0.29, 0.717) is 0 Å². The molecule has 1 aromatic rings. The number of hydrogen-bond donors (Lipinski definition) is 1. The Balaban J connectivity index is 3.02. The van der Waals surface area contributed by atoms with Crippen LogP contribution in [0.4, 0.5) is 0 Å². The molecule has 0 spiro atoms. The second-order valence-corrected chi connectivity index (χ2v) is 3.99. The summed E-state index contributed by atoms with van der Waals surface area (Å²) < 4.78 is 4.87. The molecule has 2 unspecified atom stereocenters. The number of rotatable bonds is 5. The highest BCUT2D eigenvalue weighted by molar-refractivity contribution is 5.80. The molecule has 0 aliphatic heterocycles. The molecule has 3 nitrogen and oxygen atoms in total. The Kier molecular flexibility index (Phi) is 4.46. The summed E-state index contributed by atoms with van der Waals surface area (Å²) in [6, 6.07) is 9.28. The molecule has 0 heterocycles. The second-order valence-electron chi connectivity index (χ2n) is 3.99. The van der Waals surface area contributed by atoms with Crippen LogP contribution in [0.2, 0.25) is 0 Å². The first-order valence-electron chi connectivity index (χ1n) is 5.61. The van der Waals surface area contributed by atoms with Crippen molar-refractivity contribution in [3.8, 4) is 0 Å². The van der Waals surface area contributed by atoms with Crippen molar-refractivity contribution in [2.75, 3.05) is 6.61 Å². The lowest BCUT2D eigenvalue weighted by Gasteiger charge is -2.28. The SMILES string of the molecule is C=CC(c1ccccc1)C(C)(O)C(=O)OCC. The largest absolute Gasteiger partial charge is 0.464 e. The Bertz CT molecular complexity index is 382. The molecule has 1 N–H and O–H groups in total. The van der Waals surface area contributed by atoms with Gasteiger partial charge in [0.25, 0.3) is 0 Å². The predicted molar refractivity (Wildman–Crippen MR) is 66.6 cm³/mol. The number of carbonyl (C=O) groups excluding carboxylic acids is 1. The highest BCUT2D eigenvalue weighted by atomic mass is 16.5. The van der Waals surface area contributed by atoms with Gasteiger partial charge in [0.2, 0.25) is 0 Å². The summed E-state index contributed by atoms with van der Waals surface area (Å²) in [6.07, 6.45) is 1.56. The van der Waals surface area contributed by atoms with E-state index in [1.54, 1.807) is 13.0 Å². The van der Waals surface area contributed by atoms with E-state index >= 15 is 0 Å². The molecule has 17 heavy (non-hydrogen) atoms. The molecule has 0 aliphatic carbocycles. The third-order valence-electron chi connectivity index (χ3n) is 2.69. The van der Waals surface area contributed by atoms with Crippen molar-refractivity contribution < 1.29 is 14.6 Å². The summed E-state index contributed by atoms with van der Waals surface area (Å²) >= 11 is 0. The zero-order chi connectivity index (χ0) is 12.9. The molecule has 0 amide bonds. The Labute approximate surface area is 102 Å². The van der Waals surface area contributed by atoms with Crippen LogP contribution < -0.4 is 0 Å². The van der Waals surface area contributed by atoms with Crippen molar-refractivity contribution >= 4 is 5.97 Å². The molecule has 1 aromatic carbocycles. The maximum absolute atomic E-state index is 11.7. The standard InChI is InChI=1S/C14H18O3/c1-4-12(11-9-7-6-8-10-11)14(3,16)13(15)17-5-2/h4,6-10,12,16H,1,5H2,2-3H3. The molecule has 0 aliphatic rings. The molecular formula is C14H18O3. The lowest BCUT2D eigenvalue weighted by Crippen LogP contribution is -2.42. The zero-order valence-corrected chi connectivity index (χ0v) is 10.2. The van der Waals surface area contributed by atoms with Crippen molar-refractivity contribution in [1.82, 2.24) is 0 Å². The van der Waals surface area contributed by atoms with Crippen molar-refractivity contribution in [3.05, 3.63) is 48.6 Å². The van der Waals surface area contributed by atoms with Gasteiger partial charge >= 0.3 is 5.97 Å². The minimum Gasteiger partial charge on any atom is -0.464 e. The smallest absolute Gasteiger partial charge is 0.338 e. The van der Waals surface area contributed by atoms with Crippen molar-refractivity contribution in [3.63, 3.8) is 0 Å². The number of benzene rings is 1. The van der Waals surface area contributed by atoms with Crippen LogP contribution in [0, 0.1) is 0 Å². The highest BCUT2D eigenvalue weighted by Crippen LogP contribution is 2.30. The molecule has 0 radical (unpaired) electrons. The number of esters is 1. The topological polar surface area (TPSA) is 46.5 Å². The van der Waals surface area contributed by atoms with Crippen molar-refractivity contribution in [2.24, 2.45) is 0 Å². The molecule has 0 fully saturated rings. The Morgan fingerprint density at radius 2 is 2.12 bits per heavy atom. The van der Waals surface area contributed by atoms with Crippen LogP contribution in [-0.2, 0) is 9.53 Å². The molecular weight excluding hydrogens is 216 g/mol. The van der Waals surface area contributed by atoms with E-state index in [9.17, 15) is 9.90 Å². The van der Waals surface area contributed by atoms with Gasteiger partial charge in [-0.3, -0.25) is 0 Å². The molecule has 0 saturated carbocycles. The molecule has 0 saturated heterocycles. The quantitative estimate of drug-likeness (QED) is 0.628. The molecule has 1 rings (SSSR count). The normalized spacial score (nSPS) is 15.7.